The van der Waals surface area contributed by atoms with Crippen molar-refractivity contribution in [3.05, 3.63) is 28.6 Å². The molecule has 0 saturated heterocycles. The molecule has 0 aromatic carbocycles. The van der Waals surface area contributed by atoms with E-state index in [1.165, 1.54) is 0 Å². The molecule has 0 aliphatic heterocycles. The third-order valence-corrected chi connectivity index (χ3v) is 2.04. The summed E-state index contributed by atoms with van der Waals surface area (Å²) in [6, 6.07) is 2.57. The van der Waals surface area contributed by atoms with E-state index in [4.69, 9.17) is 16.9 Å². The van der Waals surface area contributed by atoms with Crippen molar-refractivity contribution < 1.29 is 13.6 Å². The van der Waals surface area contributed by atoms with Crippen LogP contribution in [0.4, 0.5) is 8.78 Å². The van der Waals surface area contributed by atoms with E-state index in [0.29, 0.717) is 6.29 Å². The van der Waals surface area contributed by atoms with Gasteiger partial charge in [0.25, 0.3) is 6.43 Å². The summed E-state index contributed by atoms with van der Waals surface area (Å²) in [4.78, 5) is 14.0. The first-order valence-corrected chi connectivity index (χ1v) is 4.40. The predicted octanol–water partition coefficient (Wildman–Crippen LogP) is 2.44. The number of carbonyl (C=O) groups excluding carboxylic acids is 1. The first kappa shape index (κ1) is 11.5. The van der Waals surface area contributed by atoms with E-state index in [2.05, 4.69) is 4.98 Å². The van der Waals surface area contributed by atoms with Crippen LogP contribution in [0.2, 0.25) is 0 Å². The molecule has 1 aromatic rings. The summed E-state index contributed by atoms with van der Waals surface area (Å²) in [6.07, 6.45) is -2.44. The van der Waals surface area contributed by atoms with Gasteiger partial charge in [0, 0.05) is 11.1 Å². The van der Waals surface area contributed by atoms with Gasteiger partial charge in [0.15, 0.2) is 6.29 Å². The molecule has 1 rings (SSSR count). The second kappa shape index (κ2) is 4.80. The number of halogens is 3. The Morgan fingerprint density at radius 1 is 1.67 bits per heavy atom. The largest absolute Gasteiger partial charge is 0.298 e. The van der Waals surface area contributed by atoms with Gasteiger partial charge in [-0.15, -0.1) is 11.6 Å². The Labute approximate surface area is 89.3 Å². The summed E-state index contributed by atoms with van der Waals surface area (Å²) in [5.74, 6) is -0.118. The summed E-state index contributed by atoms with van der Waals surface area (Å²) >= 11 is 5.49. The molecule has 0 atom stereocenters. The van der Waals surface area contributed by atoms with Gasteiger partial charge >= 0.3 is 0 Å². The normalized spacial score (nSPS) is 10.1. The van der Waals surface area contributed by atoms with Crippen LogP contribution in [0.25, 0.3) is 0 Å². The smallest absolute Gasteiger partial charge is 0.280 e. The zero-order chi connectivity index (χ0) is 11.4. The third kappa shape index (κ3) is 2.28. The molecular formula is C9H5ClF2N2O. The van der Waals surface area contributed by atoms with E-state index in [9.17, 15) is 13.6 Å². The highest BCUT2D eigenvalue weighted by molar-refractivity contribution is 6.17. The Bertz CT molecular complexity index is 429. The second-order valence-electron chi connectivity index (χ2n) is 2.63. The Kier molecular flexibility index (Phi) is 3.69. The van der Waals surface area contributed by atoms with Crippen LogP contribution in [0.5, 0.6) is 0 Å². The van der Waals surface area contributed by atoms with Crippen molar-refractivity contribution in [2.24, 2.45) is 0 Å². The number of hydrogen-bond acceptors (Lipinski definition) is 3. The minimum absolute atomic E-state index is 0.0214. The first-order chi connectivity index (χ1) is 7.13. The van der Waals surface area contributed by atoms with Crippen LogP contribution in [-0.2, 0) is 5.88 Å². The van der Waals surface area contributed by atoms with E-state index in [1.54, 1.807) is 6.07 Å². The van der Waals surface area contributed by atoms with Crippen LogP contribution >= 0.6 is 11.6 Å². The van der Waals surface area contributed by atoms with Crippen LogP contribution in [0, 0.1) is 11.3 Å². The topological polar surface area (TPSA) is 53.8 Å². The maximum absolute atomic E-state index is 12.3. The number of carbonyl (C=O) groups is 1. The molecule has 0 spiro atoms. The lowest BCUT2D eigenvalue weighted by Crippen LogP contribution is -2.02. The minimum atomic E-state index is -2.82. The van der Waals surface area contributed by atoms with Crippen LogP contribution in [0.3, 0.4) is 0 Å². The Balaban J connectivity index is 3.44. The molecule has 0 unspecified atom stereocenters. The number of pyridine rings is 1. The van der Waals surface area contributed by atoms with Crippen molar-refractivity contribution in [1.29, 1.82) is 5.26 Å². The summed E-state index contributed by atoms with van der Waals surface area (Å²) in [7, 11) is 0. The van der Waals surface area contributed by atoms with E-state index in [0.717, 1.165) is 6.07 Å². The number of hydrogen-bond donors (Lipinski definition) is 0. The van der Waals surface area contributed by atoms with Gasteiger partial charge in [-0.05, 0) is 6.07 Å². The fourth-order valence-electron chi connectivity index (χ4n) is 1.06. The van der Waals surface area contributed by atoms with Crippen LogP contribution in [-0.4, -0.2) is 11.3 Å². The molecule has 1 heterocycles. The molecule has 0 aliphatic rings. The SMILES string of the molecule is N#Cc1nc(C(F)F)cc(C=O)c1CCl. The van der Waals surface area contributed by atoms with Crippen molar-refractivity contribution in [3.63, 3.8) is 0 Å². The molecule has 0 bridgehead atoms. The molecule has 15 heavy (non-hydrogen) atoms. The summed E-state index contributed by atoms with van der Waals surface area (Å²) in [5, 5.41) is 8.64. The highest BCUT2D eigenvalue weighted by atomic mass is 35.5. The van der Waals surface area contributed by atoms with Crippen LogP contribution in [0.1, 0.15) is 33.7 Å². The molecule has 0 N–H and O–H groups in total. The number of rotatable bonds is 3. The highest BCUT2D eigenvalue weighted by Gasteiger charge is 2.16. The average molecular weight is 231 g/mol. The van der Waals surface area contributed by atoms with E-state index in [-0.39, 0.29) is 22.7 Å². The average Bonchev–Trinajstić information content (AvgIpc) is 2.26. The van der Waals surface area contributed by atoms with E-state index >= 15 is 0 Å². The number of alkyl halides is 3. The van der Waals surface area contributed by atoms with Crippen LogP contribution in [0.15, 0.2) is 6.07 Å². The molecule has 3 nitrogen and oxygen atoms in total. The molecule has 6 heteroatoms. The van der Waals surface area contributed by atoms with E-state index < -0.39 is 12.1 Å². The summed E-state index contributed by atoms with van der Waals surface area (Å²) in [5.41, 5.74) is -0.669. The molecular weight excluding hydrogens is 226 g/mol. The number of aldehydes is 1. The second-order valence-corrected chi connectivity index (χ2v) is 2.89. The molecule has 0 radical (unpaired) electrons. The quantitative estimate of drug-likeness (QED) is 0.592. The van der Waals surface area contributed by atoms with Crippen LogP contribution < -0.4 is 0 Å². The van der Waals surface area contributed by atoms with Gasteiger partial charge in [0.1, 0.15) is 17.5 Å². The van der Waals surface area contributed by atoms with Gasteiger partial charge in [-0.25, -0.2) is 13.8 Å². The van der Waals surface area contributed by atoms with Crippen molar-refractivity contribution in [2.75, 3.05) is 0 Å². The Morgan fingerprint density at radius 2 is 2.33 bits per heavy atom. The molecule has 78 valence electrons. The van der Waals surface area contributed by atoms with Gasteiger partial charge < -0.3 is 0 Å². The zero-order valence-corrected chi connectivity index (χ0v) is 8.13. The van der Waals surface area contributed by atoms with E-state index in [1.807, 2.05) is 0 Å². The highest BCUT2D eigenvalue weighted by Crippen LogP contribution is 2.22. The minimum Gasteiger partial charge on any atom is -0.298 e. The number of aromatic nitrogens is 1. The van der Waals surface area contributed by atoms with Gasteiger partial charge in [-0.2, -0.15) is 5.26 Å². The number of nitriles is 1. The predicted molar refractivity (Wildman–Crippen MR) is 48.9 cm³/mol. The molecule has 0 amide bonds. The molecule has 1 aromatic heterocycles. The summed E-state index contributed by atoms with van der Waals surface area (Å²) < 4.78 is 24.6. The van der Waals surface area contributed by atoms with Crippen molar-refractivity contribution >= 4 is 17.9 Å². The van der Waals surface area contributed by atoms with Gasteiger partial charge in [-0.1, -0.05) is 0 Å². The lowest BCUT2D eigenvalue weighted by Gasteiger charge is -2.05. The third-order valence-electron chi connectivity index (χ3n) is 1.77. The summed E-state index contributed by atoms with van der Waals surface area (Å²) in [6.45, 7) is 0. The fourth-order valence-corrected chi connectivity index (χ4v) is 1.34. The van der Waals surface area contributed by atoms with Gasteiger partial charge in [0.05, 0.1) is 5.88 Å². The van der Waals surface area contributed by atoms with Crippen molar-refractivity contribution in [1.82, 2.24) is 4.98 Å². The lowest BCUT2D eigenvalue weighted by atomic mass is 10.1. The zero-order valence-electron chi connectivity index (χ0n) is 7.38. The lowest BCUT2D eigenvalue weighted by molar-refractivity contribution is 0.112. The maximum Gasteiger partial charge on any atom is 0.280 e. The maximum atomic E-state index is 12.3. The number of nitrogens with zero attached hydrogens (tertiary/aromatic N) is 2. The monoisotopic (exact) mass is 230 g/mol. The Morgan fingerprint density at radius 3 is 2.73 bits per heavy atom. The standard InChI is InChI=1S/C9H5ClF2N2O/c10-2-6-5(4-15)1-7(9(11)12)14-8(6)3-13/h1,4,9H,2H2. The fraction of sp³-hybridized carbons (Fsp3) is 0.222. The first-order valence-electron chi connectivity index (χ1n) is 3.87. The van der Waals surface area contributed by atoms with Gasteiger partial charge in [-0.3, -0.25) is 4.79 Å². The van der Waals surface area contributed by atoms with Gasteiger partial charge in [0.2, 0.25) is 0 Å². The Hall–Kier alpha value is -1.54. The molecule has 0 fully saturated rings. The van der Waals surface area contributed by atoms with Crippen molar-refractivity contribution in [2.45, 2.75) is 12.3 Å². The molecule has 0 aliphatic carbocycles. The van der Waals surface area contributed by atoms with Crippen molar-refractivity contribution in [3.8, 4) is 6.07 Å². The molecule has 0 saturated carbocycles.